The Hall–Kier alpha value is -2.69. The molecule has 0 saturated carbocycles. The van der Waals surface area contributed by atoms with Gasteiger partial charge in [0.15, 0.2) is 0 Å². The van der Waals surface area contributed by atoms with Crippen LogP contribution in [-0.2, 0) is 7.05 Å². The van der Waals surface area contributed by atoms with Crippen LogP contribution in [0.5, 0.6) is 0 Å². The van der Waals surface area contributed by atoms with Crippen LogP contribution in [-0.4, -0.2) is 25.3 Å². The van der Waals surface area contributed by atoms with Crippen LogP contribution >= 0.6 is 0 Å². The Morgan fingerprint density at radius 3 is 2.50 bits per heavy atom. The van der Waals surface area contributed by atoms with E-state index in [1.807, 2.05) is 44.3 Å². The van der Waals surface area contributed by atoms with E-state index in [2.05, 4.69) is 10.2 Å². The molecule has 2 aromatic heterocycles. The van der Waals surface area contributed by atoms with E-state index in [-0.39, 0.29) is 5.78 Å². The van der Waals surface area contributed by atoms with Gasteiger partial charge in [-0.25, -0.2) is 4.68 Å². The van der Waals surface area contributed by atoms with Gasteiger partial charge in [0.05, 0.1) is 23.6 Å². The van der Waals surface area contributed by atoms with E-state index < -0.39 is 0 Å². The fraction of sp³-hybridized carbons (Fsp3) is 0.133. The van der Waals surface area contributed by atoms with Crippen molar-refractivity contribution in [2.24, 2.45) is 7.05 Å². The van der Waals surface area contributed by atoms with Crippen molar-refractivity contribution in [2.45, 2.75) is 6.92 Å². The summed E-state index contributed by atoms with van der Waals surface area (Å²) in [6.45, 7) is 1.88. The lowest BCUT2D eigenvalue weighted by molar-refractivity contribution is 0.103. The molecule has 0 fully saturated rings. The van der Waals surface area contributed by atoms with Crippen molar-refractivity contribution in [3.8, 4) is 5.69 Å². The smallest absolute Gasteiger partial charge is 0.214 e. The first-order valence-electron chi connectivity index (χ1n) is 6.31. The van der Waals surface area contributed by atoms with Crippen molar-refractivity contribution in [1.82, 2.24) is 19.6 Å². The minimum absolute atomic E-state index is 0.0723. The second-order valence-electron chi connectivity index (χ2n) is 4.56. The largest absolute Gasteiger partial charge is 0.287 e. The van der Waals surface area contributed by atoms with Gasteiger partial charge in [0, 0.05) is 12.7 Å². The number of rotatable bonds is 3. The van der Waals surface area contributed by atoms with E-state index in [9.17, 15) is 4.79 Å². The van der Waals surface area contributed by atoms with Gasteiger partial charge in [-0.2, -0.15) is 10.2 Å². The summed E-state index contributed by atoms with van der Waals surface area (Å²) in [7, 11) is 1.82. The molecule has 0 saturated heterocycles. The van der Waals surface area contributed by atoms with Gasteiger partial charge in [0.25, 0.3) is 0 Å². The van der Waals surface area contributed by atoms with Crippen molar-refractivity contribution in [2.75, 3.05) is 0 Å². The van der Waals surface area contributed by atoms with Crippen molar-refractivity contribution in [3.05, 3.63) is 65.7 Å². The predicted octanol–water partition coefficient (Wildman–Crippen LogP) is 2.15. The SMILES string of the molecule is Cc1c(C(=O)c2ccnn2-c2ccccc2)cnn1C. The number of aromatic nitrogens is 4. The fourth-order valence-corrected chi connectivity index (χ4v) is 2.11. The Morgan fingerprint density at radius 2 is 1.85 bits per heavy atom. The first kappa shape index (κ1) is 12.3. The number of ketones is 1. The summed E-state index contributed by atoms with van der Waals surface area (Å²) in [4.78, 5) is 12.6. The second kappa shape index (κ2) is 4.77. The summed E-state index contributed by atoms with van der Waals surface area (Å²) in [6.07, 6.45) is 3.23. The maximum atomic E-state index is 12.6. The van der Waals surface area contributed by atoms with Crippen molar-refractivity contribution in [1.29, 1.82) is 0 Å². The standard InChI is InChI=1S/C15H14N4O/c1-11-13(10-17-18(11)2)15(20)14-8-9-16-19(14)12-6-4-3-5-7-12/h3-10H,1-2H3. The molecule has 0 bridgehead atoms. The van der Waals surface area contributed by atoms with E-state index in [1.165, 1.54) is 0 Å². The number of benzene rings is 1. The zero-order valence-electron chi connectivity index (χ0n) is 11.3. The number of carbonyl (C=O) groups is 1. The summed E-state index contributed by atoms with van der Waals surface area (Å²) in [6, 6.07) is 11.3. The molecule has 2 heterocycles. The maximum absolute atomic E-state index is 12.6. The average Bonchev–Trinajstić information content (AvgIpc) is 3.08. The van der Waals surface area contributed by atoms with Gasteiger partial charge in [0.1, 0.15) is 5.69 Å². The summed E-state index contributed by atoms with van der Waals surface area (Å²) < 4.78 is 3.34. The molecule has 0 N–H and O–H groups in total. The monoisotopic (exact) mass is 266 g/mol. The molecule has 0 atom stereocenters. The minimum Gasteiger partial charge on any atom is -0.287 e. The highest BCUT2D eigenvalue weighted by Crippen LogP contribution is 2.16. The van der Waals surface area contributed by atoms with E-state index in [0.29, 0.717) is 11.3 Å². The Kier molecular flexibility index (Phi) is 2.95. The van der Waals surface area contributed by atoms with Gasteiger partial charge in [-0.05, 0) is 25.1 Å². The Balaban J connectivity index is 2.06. The van der Waals surface area contributed by atoms with Gasteiger partial charge >= 0.3 is 0 Å². The lowest BCUT2D eigenvalue weighted by Gasteiger charge is -2.06. The van der Waals surface area contributed by atoms with Crippen molar-refractivity contribution in [3.63, 3.8) is 0 Å². The highest BCUT2D eigenvalue weighted by molar-refractivity contribution is 6.08. The zero-order valence-corrected chi connectivity index (χ0v) is 11.3. The number of nitrogens with zero attached hydrogens (tertiary/aromatic N) is 4. The molecule has 100 valence electrons. The summed E-state index contributed by atoms with van der Waals surface area (Å²) >= 11 is 0. The lowest BCUT2D eigenvalue weighted by atomic mass is 10.1. The molecule has 3 rings (SSSR count). The first-order valence-corrected chi connectivity index (χ1v) is 6.31. The van der Waals surface area contributed by atoms with Crippen LogP contribution in [0.1, 0.15) is 21.7 Å². The molecule has 0 radical (unpaired) electrons. The van der Waals surface area contributed by atoms with Crippen molar-refractivity contribution < 1.29 is 4.79 Å². The second-order valence-corrected chi connectivity index (χ2v) is 4.56. The predicted molar refractivity (Wildman–Crippen MR) is 74.9 cm³/mol. The average molecular weight is 266 g/mol. The van der Waals surface area contributed by atoms with E-state index in [0.717, 1.165) is 11.4 Å². The quantitative estimate of drug-likeness (QED) is 0.682. The maximum Gasteiger partial charge on any atom is 0.214 e. The van der Waals surface area contributed by atoms with Crippen LogP contribution in [0, 0.1) is 6.92 Å². The number of hydrogen-bond donors (Lipinski definition) is 0. The van der Waals surface area contributed by atoms with E-state index in [4.69, 9.17) is 0 Å². The third-order valence-electron chi connectivity index (χ3n) is 3.36. The number of aryl methyl sites for hydroxylation is 1. The zero-order chi connectivity index (χ0) is 14.1. The van der Waals surface area contributed by atoms with E-state index >= 15 is 0 Å². The third kappa shape index (κ3) is 1.93. The van der Waals surface area contributed by atoms with Crippen LogP contribution in [0.4, 0.5) is 0 Å². The fourth-order valence-electron chi connectivity index (χ4n) is 2.11. The highest BCUT2D eigenvalue weighted by atomic mass is 16.1. The van der Waals surface area contributed by atoms with Gasteiger partial charge in [-0.1, -0.05) is 18.2 Å². The number of hydrogen-bond acceptors (Lipinski definition) is 3. The van der Waals surface area contributed by atoms with Crippen LogP contribution in [0.2, 0.25) is 0 Å². The number of carbonyl (C=O) groups excluding carboxylic acids is 1. The van der Waals surface area contributed by atoms with Gasteiger partial charge < -0.3 is 0 Å². The van der Waals surface area contributed by atoms with Gasteiger partial charge in [0.2, 0.25) is 5.78 Å². The highest BCUT2D eigenvalue weighted by Gasteiger charge is 2.19. The van der Waals surface area contributed by atoms with Crippen LogP contribution in [0.15, 0.2) is 48.8 Å². The molecule has 5 nitrogen and oxygen atoms in total. The molecular formula is C15H14N4O. The van der Waals surface area contributed by atoms with Crippen molar-refractivity contribution >= 4 is 5.78 Å². The molecule has 0 spiro atoms. The van der Waals surface area contributed by atoms with Crippen LogP contribution < -0.4 is 0 Å². The molecule has 3 aromatic rings. The topological polar surface area (TPSA) is 52.7 Å². The molecule has 20 heavy (non-hydrogen) atoms. The molecule has 0 aliphatic carbocycles. The summed E-state index contributed by atoms with van der Waals surface area (Å²) in [5, 5.41) is 8.35. The van der Waals surface area contributed by atoms with Crippen LogP contribution in [0.3, 0.4) is 0 Å². The Bertz CT molecular complexity index is 755. The molecule has 0 amide bonds. The van der Waals surface area contributed by atoms with Gasteiger partial charge in [-0.15, -0.1) is 0 Å². The Morgan fingerprint density at radius 1 is 1.10 bits per heavy atom. The minimum atomic E-state index is -0.0723. The number of para-hydroxylation sites is 1. The third-order valence-corrected chi connectivity index (χ3v) is 3.36. The first-order chi connectivity index (χ1) is 9.68. The van der Waals surface area contributed by atoms with Crippen LogP contribution in [0.25, 0.3) is 5.69 Å². The molecule has 0 unspecified atom stereocenters. The normalized spacial score (nSPS) is 10.7. The summed E-state index contributed by atoms with van der Waals surface area (Å²) in [5.74, 6) is -0.0723. The molecule has 0 aliphatic rings. The summed E-state index contributed by atoms with van der Waals surface area (Å²) in [5.41, 5.74) is 2.84. The molecule has 1 aromatic carbocycles. The Labute approximate surface area is 116 Å². The molecule has 5 heteroatoms. The van der Waals surface area contributed by atoms with E-state index in [1.54, 1.807) is 27.8 Å². The van der Waals surface area contributed by atoms with Gasteiger partial charge in [-0.3, -0.25) is 9.48 Å². The lowest BCUT2D eigenvalue weighted by Crippen LogP contribution is -2.10. The molecule has 0 aliphatic heterocycles. The molecular weight excluding hydrogens is 252 g/mol.